The first kappa shape index (κ1) is 13.6. The molecule has 1 aromatic rings. The van der Waals surface area contributed by atoms with Gasteiger partial charge in [-0.15, -0.1) is 0 Å². The molecule has 1 nitrogen and oxygen atoms in total. The van der Waals surface area contributed by atoms with Gasteiger partial charge in [-0.25, -0.2) is 0 Å². The maximum atomic E-state index is 5.71. The van der Waals surface area contributed by atoms with Gasteiger partial charge in [0.2, 0.25) is 0 Å². The number of hydrogen-bond donors (Lipinski definition) is 0. The quantitative estimate of drug-likeness (QED) is 0.592. The predicted octanol–water partition coefficient (Wildman–Crippen LogP) is 3.79. The summed E-state index contributed by atoms with van der Waals surface area (Å²) >= 11 is -2.02. The molecule has 86 valence electrons. The van der Waals surface area contributed by atoms with Crippen molar-refractivity contribution in [3.8, 4) is 0 Å². The second kappa shape index (κ2) is 6.29. The van der Waals surface area contributed by atoms with Gasteiger partial charge in [-0.1, -0.05) is 0 Å². The molecule has 0 N–H and O–H groups in total. The Morgan fingerprint density at radius 1 is 1.25 bits per heavy atom. The van der Waals surface area contributed by atoms with Crippen LogP contribution in [-0.4, -0.2) is 25.0 Å². The molecular weight excluding hydrogens is 303 g/mol. The molecule has 0 unspecified atom stereocenters. The molecular formula is C14H20OSn. The molecule has 2 heteroatoms. The normalized spacial score (nSPS) is 10.9. The van der Waals surface area contributed by atoms with Crippen molar-refractivity contribution >= 4 is 18.4 Å². The van der Waals surface area contributed by atoms with Crippen LogP contribution >= 0.6 is 0 Å². The second-order valence-electron chi connectivity index (χ2n) is 4.88. The first-order valence-electron chi connectivity index (χ1n) is 5.55. The summed E-state index contributed by atoms with van der Waals surface area (Å²) in [4.78, 5) is 7.07. The van der Waals surface area contributed by atoms with E-state index in [0.717, 1.165) is 0 Å². The van der Waals surface area contributed by atoms with Crippen LogP contribution < -0.4 is 0 Å². The summed E-state index contributed by atoms with van der Waals surface area (Å²) in [5, 5.41) is 0. The molecule has 16 heavy (non-hydrogen) atoms. The van der Waals surface area contributed by atoms with Crippen molar-refractivity contribution in [1.29, 1.82) is 0 Å². The minimum absolute atomic E-state index is 0.675. The zero-order valence-corrected chi connectivity index (χ0v) is 13.3. The van der Waals surface area contributed by atoms with Gasteiger partial charge in [0.1, 0.15) is 0 Å². The van der Waals surface area contributed by atoms with Gasteiger partial charge in [0.05, 0.1) is 0 Å². The van der Waals surface area contributed by atoms with Crippen LogP contribution in [0.25, 0.3) is 0 Å². The molecule has 0 aliphatic rings. The van der Waals surface area contributed by atoms with Gasteiger partial charge in [0.25, 0.3) is 0 Å². The summed E-state index contributed by atoms with van der Waals surface area (Å²) < 4.78 is 7.04. The van der Waals surface area contributed by atoms with E-state index < -0.39 is 18.4 Å². The summed E-state index contributed by atoms with van der Waals surface area (Å²) in [6, 6.07) is 10.2. The molecule has 0 spiro atoms. The molecule has 0 radical (unpaired) electrons. The second-order valence-corrected chi connectivity index (χ2v) is 19.4. The maximum absolute atomic E-state index is 5.71. The SMILES string of the molecule is C=C=[C](COCc1ccccc1)[Sn]([CH3])([CH3])[CH3]. The van der Waals surface area contributed by atoms with E-state index in [4.69, 9.17) is 4.74 Å². The molecule has 1 rings (SSSR count). The fourth-order valence-electron chi connectivity index (χ4n) is 1.38. The average molecular weight is 323 g/mol. The Bertz CT molecular complexity index is 369. The summed E-state index contributed by atoms with van der Waals surface area (Å²) in [6.45, 7) is 5.13. The van der Waals surface area contributed by atoms with Crippen LogP contribution in [0.4, 0.5) is 0 Å². The van der Waals surface area contributed by atoms with Crippen LogP contribution in [0.15, 0.2) is 46.2 Å². The van der Waals surface area contributed by atoms with E-state index in [1.54, 1.807) is 0 Å². The van der Waals surface area contributed by atoms with Crippen molar-refractivity contribution in [3.63, 3.8) is 0 Å². The molecule has 0 amide bonds. The molecule has 0 aliphatic heterocycles. The van der Waals surface area contributed by atoms with Crippen LogP contribution in [0.5, 0.6) is 0 Å². The Morgan fingerprint density at radius 3 is 2.38 bits per heavy atom. The van der Waals surface area contributed by atoms with Crippen molar-refractivity contribution < 1.29 is 4.74 Å². The zero-order valence-electron chi connectivity index (χ0n) is 10.4. The molecule has 0 aliphatic carbocycles. The summed E-state index contributed by atoms with van der Waals surface area (Å²) in [5.74, 6) is 0. The van der Waals surface area contributed by atoms with Crippen molar-refractivity contribution in [2.24, 2.45) is 0 Å². The topological polar surface area (TPSA) is 9.23 Å². The molecule has 0 heterocycles. The number of benzene rings is 1. The van der Waals surface area contributed by atoms with E-state index in [9.17, 15) is 0 Å². The number of ether oxygens (including phenoxy) is 1. The summed E-state index contributed by atoms with van der Waals surface area (Å²) in [6.07, 6.45) is 0. The van der Waals surface area contributed by atoms with Crippen molar-refractivity contribution in [2.75, 3.05) is 6.61 Å². The fourth-order valence-corrected chi connectivity index (χ4v) is 4.42. The standard InChI is InChI=1S/C11H11O.3CH3.Sn/c1-2-3-9-12-10-11-7-5-4-6-8-11;;;;/h4-8H,1,9-10H2;3*1H3;. The van der Waals surface area contributed by atoms with Gasteiger partial charge in [-0.05, 0) is 0 Å². The van der Waals surface area contributed by atoms with E-state index in [-0.39, 0.29) is 0 Å². The Kier molecular flexibility index (Phi) is 5.33. The van der Waals surface area contributed by atoms with E-state index >= 15 is 0 Å². The van der Waals surface area contributed by atoms with Crippen molar-refractivity contribution in [2.45, 2.75) is 21.4 Å². The summed E-state index contributed by atoms with van der Waals surface area (Å²) in [5.41, 5.74) is 4.28. The Labute approximate surface area is 103 Å². The zero-order chi connectivity index (χ0) is 12.0. The third-order valence-corrected chi connectivity index (χ3v) is 8.56. The fraction of sp³-hybridized carbons (Fsp3) is 0.357. The predicted molar refractivity (Wildman–Crippen MR) is 72.1 cm³/mol. The monoisotopic (exact) mass is 324 g/mol. The molecule has 0 atom stereocenters. The van der Waals surface area contributed by atoms with Crippen molar-refractivity contribution in [3.05, 3.63) is 51.8 Å². The van der Waals surface area contributed by atoms with Gasteiger partial charge >= 0.3 is 103 Å². The minimum atomic E-state index is -2.02. The molecule has 0 saturated heterocycles. The molecule has 0 fully saturated rings. The Morgan fingerprint density at radius 2 is 1.88 bits per heavy atom. The van der Waals surface area contributed by atoms with E-state index in [1.807, 2.05) is 18.2 Å². The first-order chi connectivity index (χ1) is 7.54. The van der Waals surface area contributed by atoms with Crippen LogP contribution in [-0.2, 0) is 11.3 Å². The average Bonchev–Trinajstić information content (AvgIpc) is 2.24. The molecule has 0 bridgehead atoms. The van der Waals surface area contributed by atoms with Gasteiger partial charge in [0.15, 0.2) is 0 Å². The van der Waals surface area contributed by atoms with E-state index in [2.05, 4.69) is 39.3 Å². The third kappa shape index (κ3) is 4.56. The molecule has 0 saturated carbocycles. The summed E-state index contributed by atoms with van der Waals surface area (Å²) in [7, 11) is 0. The van der Waals surface area contributed by atoms with Crippen LogP contribution in [0.2, 0.25) is 14.8 Å². The Hall–Kier alpha value is -0.501. The number of rotatable bonds is 5. The number of hydrogen-bond acceptors (Lipinski definition) is 1. The van der Waals surface area contributed by atoms with Gasteiger partial charge < -0.3 is 0 Å². The van der Waals surface area contributed by atoms with Crippen LogP contribution in [0.3, 0.4) is 0 Å². The van der Waals surface area contributed by atoms with Gasteiger partial charge in [0, 0.05) is 0 Å². The Balaban J connectivity index is 2.45. The molecule has 1 aromatic carbocycles. The first-order valence-corrected chi connectivity index (χ1v) is 15.5. The van der Waals surface area contributed by atoms with Crippen LogP contribution in [0, 0.1) is 0 Å². The van der Waals surface area contributed by atoms with Crippen molar-refractivity contribution in [1.82, 2.24) is 0 Å². The third-order valence-electron chi connectivity index (χ3n) is 2.48. The van der Waals surface area contributed by atoms with Crippen LogP contribution in [0.1, 0.15) is 5.56 Å². The van der Waals surface area contributed by atoms with E-state index in [0.29, 0.717) is 13.2 Å². The van der Waals surface area contributed by atoms with Gasteiger partial charge in [-0.3, -0.25) is 0 Å². The van der Waals surface area contributed by atoms with Gasteiger partial charge in [-0.2, -0.15) is 0 Å². The van der Waals surface area contributed by atoms with E-state index in [1.165, 1.54) is 9.15 Å². The molecule has 0 aromatic heterocycles.